The molecule has 5 aromatic rings. The Hall–Kier alpha value is -4.32. The van der Waals surface area contributed by atoms with Gasteiger partial charge in [0.25, 0.3) is 0 Å². The minimum atomic E-state index is 0.363. The van der Waals surface area contributed by atoms with Crippen molar-refractivity contribution < 1.29 is 0 Å². The van der Waals surface area contributed by atoms with E-state index in [2.05, 4.69) is 172 Å². The number of pyridine rings is 2. The van der Waals surface area contributed by atoms with Gasteiger partial charge >= 0.3 is 0 Å². The quantitative estimate of drug-likeness (QED) is 0.180. The molecule has 0 saturated carbocycles. The zero-order chi connectivity index (χ0) is 45.8. The maximum atomic E-state index is 4.98. The molecule has 1 aliphatic carbocycles. The second kappa shape index (κ2) is 20.5. The monoisotopic (exact) mass is 813 g/mol. The third-order valence-corrected chi connectivity index (χ3v) is 13.4. The molecule has 0 fully saturated rings. The Morgan fingerprint density at radius 3 is 1.02 bits per heavy atom. The van der Waals surface area contributed by atoms with Crippen LogP contribution in [0, 0.1) is 111 Å². The highest BCUT2D eigenvalue weighted by Gasteiger charge is 2.26. The van der Waals surface area contributed by atoms with Gasteiger partial charge in [-0.2, -0.15) is 0 Å². The van der Waals surface area contributed by atoms with E-state index in [1.165, 1.54) is 106 Å². The summed E-state index contributed by atoms with van der Waals surface area (Å²) in [5, 5.41) is 0. The maximum Gasteiger partial charge on any atom is 0.131 e. The molecule has 0 atom stereocenters. The molecular weight excluding hydrogens is 733 g/mol. The summed E-state index contributed by atoms with van der Waals surface area (Å²) < 4.78 is 0. The Labute approximate surface area is 366 Å². The molecule has 1 aliphatic rings. The van der Waals surface area contributed by atoms with Crippen molar-refractivity contribution in [3.8, 4) is 11.3 Å². The van der Waals surface area contributed by atoms with E-state index in [0.717, 1.165) is 41.6 Å². The Bertz CT molecular complexity index is 2250. The summed E-state index contributed by atoms with van der Waals surface area (Å²) in [6.45, 7) is 51.8. The summed E-state index contributed by atoms with van der Waals surface area (Å²) in [5.74, 6) is 3.76. The highest BCUT2D eigenvalue weighted by molar-refractivity contribution is 5.77. The first-order valence-electron chi connectivity index (χ1n) is 22.4. The SMILES string of the molecule is Cc1nc(C(C)C)c(C)c(C)c1C.Cc1nc(C(C)C)c(C)c(C)c1C.Cc1nc(C(C)C)nc(C)c1C.Cc1nc(C(C)C)nc2c1CCc1c(C)c(C)c(C)c(C)c1-2. The van der Waals surface area contributed by atoms with Crippen LogP contribution >= 0.6 is 0 Å². The standard InChI is InChI=1S/C20H26N2.2C12H19N.C10H16N2/c1-10(2)20-21-15(7)17-9-8-16-13(5)11(3)12(4)14(6)18(16)19(17)22-20;2*1-7(2)12-10(5)8(3)9(4)11(6)13-12;1-6(2)10-11-8(4)7(3)9(5)12-10/h10H,8-9H2,1-7H3;2*7H,1-6H3;6H,1-5H3. The molecule has 0 amide bonds. The number of fused-ring (bicyclic) bond motifs is 3. The summed E-state index contributed by atoms with van der Waals surface area (Å²) in [6, 6.07) is 0. The molecular formula is C54H80N6. The lowest BCUT2D eigenvalue weighted by molar-refractivity contribution is 0.751. The van der Waals surface area contributed by atoms with E-state index in [4.69, 9.17) is 9.97 Å². The summed E-state index contributed by atoms with van der Waals surface area (Å²) in [7, 11) is 0. The van der Waals surface area contributed by atoms with Crippen LogP contribution in [-0.2, 0) is 12.8 Å². The lowest BCUT2D eigenvalue weighted by Crippen LogP contribution is -2.15. The molecule has 0 bridgehead atoms. The third kappa shape index (κ3) is 10.9. The zero-order valence-electron chi connectivity index (χ0n) is 42.4. The van der Waals surface area contributed by atoms with Crippen LogP contribution < -0.4 is 0 Å². The predicted molar refractivity (Wildman–Crippen MR) is 258 cm³/mol. The van der Waals surface area contributed by atoms with Crippen molar-refractivity contribution in [3.63, 3.8) is 0 Å². The second-order valence-electron chi connectivity index (χ2n) is 18.8. The molecule has 0 N–H and O–H groups in total. The Kier molecular flexibility index (Phi) is 17.1. The lowest BCUT2D eigenvalue weighted by atomic mass is 9.80. The van der Waals surface area contributed by atoms with Crippen molar-refractivity contribution in [2.45, 2.75) is 203 Å². The number of aromatic nitrogens is 6. The van der Waals surface area contributed by atoms with Crippen LogP contribution in [0.15, 0.2) is 0 Å². The van der Waals surface area contributed by atoms with E-state index in [9.17, 15) is 0 Å². The van der Waals surface area contributed by atoms with E-state index in [1.807, 2.05) is 13.8 Å². The first kappa shape index (κ1) is 50.0. The normalized spacial score (nSPS) is 11.8. The van der Waals surface area contributed by atoms with Gasteiger partial charge in [0, 0.05) is 62.8 Å². The van der Waals surface area contributed by atoms with Crippen molar-refractivity contribution in [2.75, 3.05) is 0 Å². The first-order chi connectivity index (χ1) is 27.7. The highest BCUT2D eigenvalue weighted by atomic mass is 14.9. The van der Waals surface area contributed by atoms with Crippen molar-refractivity contribution >= 4 is 0 Å². The van der Waals surface area contributed by atoms with Gasteiger partial charge < -0.3 is 0 Å². The first-order valence-corrected chi connectivity index (χ1v) is 22.4. The van der Waals surface area contributed by atoms with Crippen LogP contribution in [0.3, 0.4) is 0 Å². The van der Waals surface area contributed by atoms with Gasteiger partial charge in [-0.25, -0.2) is 19.9 Å². The summed E-state index contributed by atoms with van der Waals surface area (Å²) in [4.78, 5) is 27.8. The highest BCUT2D eigenvalue weighted by Crippen LogP contribution is 2.40. The molecule has 6 heteroatoms. The molecule has 0 unspecified atom stereocenters. The molecule has 4 heterocycles. The maximum absolute atomic E-state index is 4.98. The van der Waals surface area contributed by atoms with Gasteiger partial charge in [0.1, 0.15) is 11.6 Å². The van der Waals surface area contributed by atoms with Gasteiger partial charge in [-0.15, -0.1) is 0 Å². The second-order valence-corrected chi connectivity index (χ2v) is 18.8. The van der Waals surface area contributed by atoms with E-state index >= 15 is 0 Å². The van der Waals surface area contributed by atoms with Gasteiger partial charge in [0.15, 0.2) is 0 Å². The van der Waals surface area contributed by atoms with Crippen molar-refractivity contribution in [1.82, 2.24) is 29.9 Å². The van der Waals surface area contributed by atoms with Gasteiger partial charge in [0.2, 0.25) is 0 Å². The molecule has 60 heavy (non-hydrogen) atoms. The molecule has 326 valence electrons. The fraction of sp³-hybridized carbons (Fsp3) is 0.556. The molecule has 4 aromatic heterocycles. The van der Waals surface area contributed by atoms with E-state index < -0.39 is 0 Å². The van der Waals surface area contributed by atoms with Gasteiger partial charge in [-0.05, 0) is 202 Å². The molecule has 0 radical (unpaired) electrons. The largest absolute Gasteiger partial charge is 0.257 e. The third-order valence-electron chi connectivity index (χ3n) is 13.4. The Morgan fingerprint density at radius 2 is 0.617 bits per heavy atom. The topological polar surface area (TPSA) is 77.3 Å². The smallest absolute Gasteiger partial charge is 0.131 e. The fourth-order valence-electron chi connectivity index (χ4n) is 8.02. The molecule has 0 aliphatic heterocycles. The van der Waals surface area contributed by atoms with Gasteiger partial charge in [0.05, 0.1) is 5.69 Å². The van der Waals surface area contributed by atoms with Gasteiger partial charge in [-0.1, -0.05) is 55.4 Å². The van der Waals surface area contributed by atoms with E-state index in [0.29, 0.717) is 23.7 Å². The van der Waals surface area contributed by atoms with Crippen LogP contribution in [-0.4, -0.2) is 29.9 Å². The van der Waals surface area contributed by atoms with Crippen LogP contribution in [0.4, 0.5) is 0 Å². The number of nitrogens with zero attached hydrogens (tertiary/aromatic N) is 6. The molecule has 0 spiro atoms. The number of rotatable bonds is 4. The minimum absolute atomic E-state index is 0.363. The van der Waals surface area contributed by atoms with Crippen molar-refractivity contribution in [3.05, 3.63) is 124 Å². The fourth-order valence-corrected chi connectivity index (χ4v) is 8.02. The number of aryl methyl sites for hydroxylation is 5. The van der Waals surface area contributed by atoms with Crippen molar-refractivity contribution in [2.24, 2.45) is 0 Å². The molecule has 0 saturated heterocycles. The Morgan fingerprint density at radius 1 is 0.283 bits per heavy atom. The van der Waals surface area contributed by atoms with Crippen LogP contribution in [0.5, 0.6) is 0 Å². The van der Waals surface area contributed by atoms with Gasteiger partial charge in [-0.3, -0.25) is 9.97 Å². The number of hydrogen-bond donors (Lipinski definition) is 0. The van der Waals surface area contributed by atoms with Crippen LogP contribution in [0.25, 0.3) is 11.3 Å². The van der Waals surface area contributed by atoms with Crippen molar-refractivity contribution in [1.29, 1.82) is 0 Å². The van der Waals surface area contributed by atoms with E-state index in [-0.39, 0.29) is 0 Å². The molecule has 1 aromatic carbocycles. The summed E-state index contributed by atoms with van der Waals surface area (Å²) >= 11 is 0. The summed E-state index contributed by atoms with van der Waals surface area (Å²) in [5.41, 5.74) is 28.7. The zero-order valence-corrected chi connectivity index (χ0v) is 42.4. The average molecular weight is 813 g/mol. The van der Waals surface area contributed by atoms with Crippen LogP contribution in [0.1, 0.15) is 203 Å². The lowest BCUT2D eigenvalue weighted by Gasteiger charge is -2.27. The molecule has 6 rings (SSSR count). The number of hydrogen-bond acceptors (Lipinski definition) is 6. The molecule has 6 nitrogen and oxygen atoms in total. The summed E-state index contributed by atoms with van der Waals surface area (Å²) in [6.07, 6.45) is 2.18. The average Bonchev–Trinajstić information content (AvgIpc) is 3.19. The predicted octanol–water partition coefficient (Wildman–Crippen LogP) is 14.3. The number of benzene rings is 1. The van der Waals surface area contributed by atoms with Crippen LogP contribution in [0.2, 0.25) is 0 Å². The van der Waals surface area contributed by atoms with E-state index in [1.54, 1.807) is 0 Å². The minimum Gasteiger partial charge on any atom is -0.257 e. The Balaban J connectivity index is 0.000000222.